The summed E-state index contributed by atoms with van der Waals surface area (Å²) < 4.78 is 58.2. The summed E-state index contributed by atoms with van der Waals surface area (Å²) in [5.41, 5.74) is 0. The molecule has 0 N–H and O–H groups in total. The Labute approximate surface area is 77.2 Å². The molecule has 0 heterocycles. The van der Waals surface area contributed by atoms with E-state index < -0.39 is 12.3 Å². The van der Waals surface area contributed by atoms with Crippen LogP contribution in [0.3, 0.4) is 0 Å². The number of hydrogen-bond acceptors (Lipinski definition) is 2. The van der Waals surface area contributed by atoms with Gasteiger partial charge < -0.3 is 4.89 Å². The van der Waals surface area contributed by atoms with E-state index in [1.807, 2.05) is 0 Å². The Morgan fingerprint density at radius 2 is 1.71 bits per heavy atom. The molecule has 0 atom stereocenters. The van der Waals surface area contributed by atoms with Crippen molar-refractivity contribution in [3.63, 3.8) is 0 Å². The predicted octanol–water partition coefficient (Wildman–Crippen LogP) is 3.40. The fourth-order valence-electron chi connectivity index (χ4n) is 0.409. The number of alkyl halides is 5. The zero-order chi connectivity index (χ0) is 11.2. The lowest BCUT2D eigenvalue weighted by Gasteiger charge is -2.16. The van der Waals surface area contributed by atoms with E-state index in [0.29, 0.717) is 12.7 Å². The van der Waals surface area contributed by atoms with Gasteiger partial charge in [-0.1, -0.05) is 13.3 Å². The highest BCUT2D eigenvalue weighted by Gasteiger charge is 2.61. The van der Waals surface area contributed by atoms with Crippen LogP contribution in [-0.4, -0.2) is 12.3 Å². The molecule has 7 heteroatoms. The molecule has 14 heavy (non-hydrogen) atoms. The summed E-state index contributed by atoms with van der Waals surface area (Å²) in [4.78, 5) is 6.47. The van der Waals surface area contributed by atoms with Crippen LogP contribution < -0.4 is 0 Å². The molecular weight excluding hydrogens is 211 g/mol. The van der Waals surface area contributed by atoms with E-state index in [1.54, 1.807) is 6.92 Å². The van der Waals surface area contributed by atoms with E-state index in [2.05, 4.69) is 9.78 Å². The Kier molecular flexibility index (Phi) is 4.82. The molecular formula is C7H9F5O2. The fourth-order valence-corrected chi connectivity index (χ4v) is 0.409. The van der Waals surface area contributed by atoms with Crippen LogP contribution >= 0.6 is 0 Å². The Bertz CT molecular complexity index is 187. The van der Waals surface area contributed by atoms with Crippen LogP contribution in [0.2, 0.25) is 0 Å². The standard InChI is InChI=1S/C7H9F5O2/c1-2-3-4-5-13-14-7(11,12)6(8,9)10/h4-5H,2-3H2,1H3. The molecule has 0 saturated heterocycles. The number of allylic oxidation sites excluding steroid dienone is 1. The zero-order valence-corrected chi connectivity index (χ0v) is 7.28. The van der Waals surface area contributed by atoms with Gasteiger partial charge in [0.2, 0.25) is 0 Å². The summed E-state index contributed by atoms with van der Waals surface area (Å²) in [6.07, 6.45) is -7.93. The lowest BCUT2D eigenvalue weighted by atomic mass is 10.3. The quantitative estimate of drug-likeness (QED) is 0.306. The highest BCUT2D eigenvalue weighted by Crippen LogP contribution is 2.36. The average Bonchev–Trinajstić information content (AvgIpc) is 2.02. The first kappa shape index (κ1) is 13.2. The Morgan fingerprint density at radius 3 is 2.14 bits per heavy atom. The SMILES string of the molecule is CCCC=COOC(F)(F)C(F)(F)F. The molecule has 0 bridgehead atoms. The third-order valence-electron chi connectivity index (χ3n) is 1.09. The van der Waals surface area contributed by atoms with Gasteiger partial charge in [-0.15, -0.1) is 4.89 Å². The molecule has 0 aromatic rings. The second-order valence-electron chi connectivity index (χ2n) is 2.35. The van der Waals surface area contributed by atoms with Gasteiger partial charge in [-0.2, -0.15) is 22.0 Å². The van der Waals surface area contributed by atoms with Crippen LogP contribution in [0.15, 0.2) is 12.3 Å². The minimum atomic E-state index is -5.77. The molecule has 0 aliphatic rings. The van der Waals surface area contributed by atoms with E-state index in [0.717, 1.165) is 6.42 Å². The molecule has 2 nitrogen and oxygen atoms in total. The van der Waals surface area contributed by atoms with Crippen LogP contribution in [0.4, 0.5) is 22.0 Å². The minimum absolute atomic E-state index is 0.501. The van der Waals surface area contributed by atoms with Crippen LogP contribution in [0.5, 0.6) is 0 Å². The van der Waals surface area contributed by atoms with Gasteiger partial charge in [0.05, 0.1) is 0 Å². The van der Waals surface area contributed by atoms with E-state index >= 15 is 0 Å². The van der Waals surface area contributed by atoms with Crippen molar-refractivity contribution in [1.29, 1.82) is 0 Å². The minimum Gasteiger partial charge on any atom is -0.340 e. The van der Waals surface area contributed by atoms with Crippen LogP contribution in [0, 0.1) is 0 Å². The van der Waals surface area contributed by atoms with Gasteiger partial charge in [-0.05, 0) is 12.5 Å². The van der Waals surface area contributed by atoms with Gasteiger partial charge in [-0.25, -0.2) is 0 Å². The van der Waals surface area contributed by atoms with Crippen molar-refractivity contribution in [2.75, 3.05) is 0 Å². The molecule has 0 aliphatic heterocycles. The Morgan fingerprint density at radius 1 is 1.14 bits per heavy atom. The van der Waals surface area contributed by atoms with Crippen molar-refractivity contribution in [1.82, 2.24) is 0 Å². The first-order chi connectivity index (χ1) is 6.31. The molecule has 0 aromatic carbocycles. The lowest BCUT2D eigenvalue weighted by molar-refractivity contribution is -0.489. The summed E-state index contributed by atoms with van der Waals surface area (Å²) in [5, 5.41) is 0. The molecule has 0 unspecified atom stereocenters. The average molecular weight is 220 g/mol. The summed E-state index contributed by atoms with van der Waals surface area (Å²) in [6.45, 7) is 1.80. The van der Waals surface area contributed by atoms with Gasteiger partial charge in [0.15, 0.2) is 0 Å². The summed E-state index contributed by atoms with van der Waals surface area (Å²) in [5.74, 6) is 0. The van der Waals surface area contributed by atoms with Gasteiger partial charge in [-0.3, -0.25) is 0 Å². The van der Waals surface area contributed by atoms with Crippen LogP contribution in [0.25, 0.3) is 0 Å². The molecule has 0 aliphatic carbocycles. The van der Waals surface area contributed by atoms with Crippen LogP contribution in [0.1, 0.15) is 19.8 Å². The number of hydrogen-bond donors (Lipinski definition) is 0. The van der Waals surface area contributed by atoms with Crippen molar-refractivity contribution in [3.8, 4) is 0 Å². The first-order valence-electron chi connectivity index (χ1n) is 3.75. The fraction of sp³-hybridized carbons (Fsp3) is 0.714. The van der Waals surface area contributed by atoms with Gasteiger partial charge in [0, 0.05) is 0 Å². The smallest absolute Gasteiger partial charge is 0.340 e. The molecule has 0 amide bonds. The molecule has 0 saturated carbocycles. The summed E-state index contributed by atoms with van der Waals surface area (Å²) in [7, 11) is 0. The van der Waals surface area contributed by atoms with Crippen molar-refractivity contribution in [3.05, 3.63) is 12.3 Å². The van der Waals surface area contributed by atoms with Crippen molar-refractivity contribution >= 4 is 0 Å². The molecule has 0 rings (SSSR count). The van der Waals surface area contributed by atoms with Gasteiger partial charge >= 0.3 is 12.3 Å². The van der Waals surface area contributed by atoms with Crippen molar-refractivity contribution in [2.24, 2.45) is 0 Å². The second kappa shape index (κ2) is 5.14. The van der Waals surface area contributed by atoms with Gasteiger partial charge in [0.25, 0.3) is 0 Å². The number of halogens is 5. The zero-order valence-electron chi connectivity index (χ0n) is 7.28. The summed E-state index contributed by atoms with van der Waals surface area (Å²) >= 11 is 0. The van der Waals surface area contributed by atoms with E-state index in [9.17, 15) is 22.0 Å². The van der Waals surface area contributed by atoms with E-state index in [4.69, 9.17) is 0 Å². The maximum atomic E-state index is 11.9. The number of unbranched alkanes of at least 4 members (excludes halogenated alkanes) is 1. The van der Waals surface area contributed by atoms with E-state index in [1.165, 1.54) is 6.08 Å². The van der Waals surface area contributed by atoms with Crippen molar-refractivity contribution in [2.45, 2.75) is 32.1 Å². The molecule has 0 spiro atoms. The largest absolute Gasteiger partial charge is 0.488 e. The first-order valence-corrected chi connectivity index (χ1v) is 3.75. The predicted molar refractivity (Wildman–Crippen MR) is 37.2 cm³/mol. The maximum Gasteiger partial charge on any atom is 0.488 e. The number of rotatable bonds is 5. The van der Waals surface area contributed by atoms with Crippen LogP contribution in [-0.2, 0) is 9.78 Å². The van der Waals surface area contributed by atoms with Gasteiger partial charge in [0.1, 0.15) is 6.26 Å². The summed E-state index contributed by atoms with van der Waals surface area (Å²) in [6, 6.07) is 0. The third-order valence-corrected chi connectivity index (χ3v) is 1.09. The van der Waals surface area contributed by atoms with E-state index in [-0.39, 0.29) is 0 Å². The molecule has 84 valence electrons. The molecule has 0 aromatic heterocycles. The molecule has 0 fully saturated rings. The Balaban J connectivity index is 3.89. The topological polar surface area (TPSA) is 18.5 Å². The third kappa shape index (κ3) is 4.40. The molecule has 0 radical (unpaired) electrons. The highest BCUT2D eigenvalue weighted by atomic mass is 19.4. The lowest BCUT2D eigenvalue weighted by Crippen LogP contribution is -2.38. The normalized spacial score (nSPS) is 13.6. The monoisotopic (exact) mass is 220 g/mol. The van der Waals surface area contributed by atoms with Crippen molar-refractivity contribution < 1.29 is 31.7 Å². The Hall–Kier alpha value is -0.850. The maximum absolute atomic E-state index is 11.9. The second-order valence-corrected chi connectivity index (χ2v) is 2.35. The highest BCUT2D eigenvalue weighted by molar-refractivity contribution is 4.71.